The molecule has 1 amide bonds. The van der Waals surface area contributed by atoms with Crippen LogP contribution in [0.1, 0.15) is 19.8 Å². The molecule has 0 bridgehead atoms. The minimum atomic E-state index is 0.0591. The normalized spacial score (nSPS) is 10.5. The van der Waals surface area contributed by atoms with E-state index in [0.717, 1.165) is 29.0 Å². The number of thiophene rings is 1. The Bertz CT molecular complexity index is 583. The van der Waals surface area contributed by atoms with E-state index in [-0.39, 0.29) is 5.91 Å². The van der Waals surface area contributed by atoms with Crippen LogP contribution in [0.3, 0.4) is 0 Å². The Kier molecular flexibility index (Phi) is 5.11. The lowest BCUT2D eigenvalue weighted by Crippen LogP contribution is -2.26. The van der Waals surface area contributed by atoms with Gasteiger partial charge in [0.1, 0.15) is 10.6 Å². The van der Waals surface area contributed by atoms with E-state index in [2.05, 4.69) is 25.9 Å². The first-order valence-corrected chi connectivity index (χ1v) is 7.56. The standard InChI is InChI=1S/C13H19N5OS/c1-3-6-15-10(19)4-7-16-11-9-5-8-20-12(9)18-13(14-2)17-11/h5,8H,3-4,6-7H2,1-2H3,(H,15,19)(H2,14,16,17,18). The fourth-order valence-corrected chi connectivity index (χ4v) is 2.51. The second-order valence-electron chi connectivity index (χ2n) is 4.31. The topological polar surface area (TPSA) is 78.9 Å². The Morgan fingerprint density at radius 1 is 1.35 bits per heavy atom. The lowest BCUT2D eigenvalue weighted by molar-refractivity contribution is -0.120. The molecule has 0 spiro atoms. The number of anilines is 2. The van der Waals surface area contributed by atoms with Crippen LogP contribution in [-0.4, -0.2) is 36.0 Å². The van der Waals surface area contributed by atoms with Crippen LogP contribution >= 0.6 is 11.3 Å². The summed E-state index contributed by atoms with van der Waals surface area (Å²) in [5, 5.41) is 12.0. The van der Waals surface area contributed by atoms with Crippen LogP contribution in [0, 0.1) is 0 Å². The molecule has 0 radical (unpaired) electrons. The molecular formula is C13H19N5OS. The van der Waals surface area contributed by atoms with E-state index in [1.54, 1.807) is 18.4 Å². The van der Waals surface area contributed by atoms with E-state index < -0.39 is 0 Å². The molecule has 3 N–H and O–H groups in total. The highest BCUT2D eigenvalue weighted by atomic mass is 32.1. The van der Waals surface area contributed by atoms with E-state index in [0.29, 0.717) is 18.9 Å². The van der Waals surface area contributed by atoms with Gasteiger partial charge in [-0.15, -0.1) is 11.3 Å². The Hall–Kier alpha value is -1.89. The van der Waals surface area contributed by atoms with Gasteiger partial charge in [-0.3, -0.25) is 4.79 Å². The molecule has 6 nitrogen and oxygen atoms in total. The van der Waals surface area contributed by atoms with Gasteiger partial charge in [0, 0.05) is 26.6 Å². The van der Waals surface area contributed by atoms with Crippen molar-refractivity contribution in [1.29, 1.82) is 0 Å². The highest BCUT2D eigenvalue weighted by molar-refractivity contribution is 7.16. The monoisotopic (exact) mass is 293 g/mol. The molecule has 108 valence electrons. The quantitative estimate of drug-likeness (QED) is 0.728. The van der Waals surface area contributed by atoms with Crippen molar-refractivity contribution >= 4 is 39.2 Å². The summed E-state index contributed by atoms with van der Waals surface area (Å²) >= 11 is 1.57. The number of nitrogens with zero attached hydrogens (tertiary/aromatic N) is 2. The number of nitrogens with one attached hydrogen (secondary N) is 3. The number of fused-ring (bicyclic) bond motifs is 1. The molecule has 0 fully saturated rings. The van der Waals surface area contributed by atoms with Crippen LogP contribution in [0.25, 0.3) is 10.2 Å². The highest BCUT2D eigenvalue weighted by Crippen LogP contribution is 2.26. The van der Waals surface area contributed by atoms with Gasteiger partial charge in [0.15, 0.2) is 0 Å². The molecule has 0 aliphatic carbocycles. The molecule has 2 heterocycles. The average molecular weight is 293 g/mol. The van der Waals surface area contributed by atoms with E-state index in [4.69, 9.17) is 0 Å². The van der Waals surface area contributed by atoms with Crippen molar-refractivity contribution in [2.24, 2.45) is 0 Å². The fraction of sp³-hybridized carbons (Fsp3) is 0.462. The van der Waals surface area contributed by atoms with Gasteiger partial charge < -0.3 is 16.0 Å². The first kappa shape index (κ1) is 14.5. The number of aromatic nitrogens is 2. The third kappa shape index (κ3) is 3.57. The van der Waals surface area contributed by atoms with Crippen molar-refractivity contribution < 1.29 is 4.79 Å². The van der Waals surface area contributed by atoms with Crippen LogP contribution in [0.4, 0.5) is 11.8 Å². The second kappa shape index (κ2) is 7.04. The Morgan fingerprint density at radius 2 is 2.20 bits per heavy atom. The van der Waals surface area contributed by atoms with Crippen molar-refractivity contribution in [3.05, 3.63) is 11.4 Å². The van der Waals surface area contributed by atoms with Crippen molar-refractivity contribution in [2.75, 3.05) is 30.8 Å². The zero-order valence-electron chi connectivity index (χ0n) is 11.7. The molecule has 0 aromatic carbocycles. The van der Waals surface area contributed by atoms with Crippen molar-refractivity contribution in [3.63, 3.8) is 0 Å². The van der Waals surface area contributed by atoms with Crippen molar-refractivity contribution in [2.45, 2.75) is 19.8 Å². The van der Waals surface area contributed by atoms with Crippen LogP contribution in [0.15, 0.2) is 11.4 Å². The first-order chi connectivity index (χ1) is 9.74. The molecule has 7 heteroatoms. The predicted octanol–water partition coefficient (Wildman–Crippen LogP) is 2.06. The molecule has 0 saturated carbocycles. The Morgan fingerprint density at radius 3 is 2.95 bits per heavy atom. The predicted molar refractivity (Wildman–Crippen MR) is 83.4 cm³/mol. The molecule has 0 atom stereocenters. The van der Waals surface area contributed by atoms with Crippen molar-refractivity contribution in [3.8, 4) is 0 Å². The number of amides is 1. The number of hydrogen-bond acceptors (Lipinski definition) is 6. The van der Waals surface area contributed by atoms with Gasteiger partial charge in [0.25, 0.3) is 0 Å². The fourth-order valence-electron chi connectivity index (χ4n) is 1.75. The van der Waals surface area contributed by atoms with Crippen LogP contribution in [0.5, 0.6) is 0 Å². The molecule has 2 aromatic rings. The SMILES string of the molecule is CCCNC(=O)CCNc1nc(NC)nc2sccc12. The zero-order chi connectivity index (χ0) is 14.4. The summed E-state index contributed by atoms with van der Waals surface area (Å²) in [5.74, 6) is 1.41. The molecule has 20 heavy (non-hydrogen) atoms. The molecular weight excluding hydrogens is 274 g/mol. The minimum Gasteiger partial charge on any atom is -0.369 e. The second-order valence-corrected chi connectivity index (χ2v) is 5.21. The molecule has 0 aliphatic heterocycles. The van der Waals surface area contributed by atoms with E-state index in [9.17, 15) is 4.79 Å². The Labute approximate surface area is 122 Å². The summed E-state index contributed by atoms with van der Waals surface area (Å²) < 4.78 is 0. The summed E-state index contributed by atoms with van der Waals surface area (Å²) in [5.41, 5.74) is 0. The number of carbonyl (C=O) groups excluding carboxylic acids is 1. The lowest BCUT2D eigenvalue weighted by Gasteiger charge is -2.08. The van der Waals surface area contributed by atoms with Gasteiger partial charge in [-0.25, -0.2) is 4.98 Å². The number of carbonyl (C=O) groups is 1. The molecule has 0 aliphatic rings. The van der Waals surface area contributed by atoms with Crippen LogP contribution < -0.4 is 16.0 Å². The summed E-state index contributed by atoms with van der Waals surface area (Å²) in [7, 11) is 1.79. The third-order valence-electron chi connectivity index (χ3n) is 2.77. The van der Waals surface area contributed by atoms with Gasteiger partial charge in [0.05, 0.1) is 5.39 Å². The van der Waals surface area contributed by atoms with Gasteiger partial charge >= 0.3 is 0 Å². The first-order valence-electron chi connectivity index (χ1n) is 6.68. The highest BCUT2D eigenvalue weighted by Gasteiger charge is 2.08. The summed E-state index contributed by atoms with van der Waals surface area (Å²) in [6, 6.07) is 1.99. The molecule has 0 unspecified atom stereocenters. The largest absolute Gasteiger partial charge is 0.369 e. The zero-order valence-corrected chi connectivity index (χ0v) is 12.5. The Balaban J connectivity index is 1.98. The molecule has 2 aromatic heterocycles. The van der Waals surface area contributed by atoms with Gasteiger partial charge in [-0.1, -0.05) is 6.92 Å². The van der Waals surface area contributed by atoms with Crippen LogP contribution in [-0.2, 0) is 4.79 Å². The maximum atomic E-state index is 11.5. The van der Waals surface area contributed by atoms with Gasteiger partial charge in [-0.2, -0.15) is 4.98 Å². The summed E-state index contributed by atoms with van der Waals surface area (Å²) in [4.78, 5) is 21.2. The summed E-state index contributed by atoms with van der Waals surface area (Å²) in [6.45, 7) is 3.32. The van der Waals surface area contributed by atoms with E-state index in [1.807, 2.05) is 18.4 Å². The average Bonchev–Trinajstić information content (AvgIpc) is 2.93. The lowest BCUT2D eigenvalue weighted by atomic mass is 10.3. The number of hydrogen-bond donors (Lipinski definition) is 3. The number of rotatable bonds is 7. The third-order valence-corrected chi connectivity index (χ3v) is 3.57. The van der Waals surface area contributed by atoms with Gasteiger partial charge in [0.2, 0.25) is 11.9 Å². The van der Waals surface area contributed by atoms with Crippen molar-refractivity contribution in [1.82, 2.24) is 15.3 Å². The van der Waals surface area contributed by atoms with E-state index >= 15 is 0 Å². The van der Waals surface area contributed by atoms with Gasteiger partial charge in [-0.05, 0) is 17.9 Å². The smallest absolute Gasteiger partial charge is 0.225 e. The van der Waals surface area contributed by atoms with E-state index in [1.165, 1.54) is 0 Å². The maximum Gasteiger partial charge on any atom is 0.225 e. The molecule has 2 rings (SSSR count). The van der Waals surface area contributed by atoms with Crippen LogP contribution in [0.2, 0.25) is 0 Å². The molecule has 0 saturated heterocycles. The minimum absolute atomic E-state index is 0.0591. The maximum absolute atomic E-state index is 11.5. The summed E-state index contributed by atoms with van der Waals surface area (Å²) in [6.07, 6.45) is 1.39.